The predicted molar refractivity (Wildman–Crippen MR) is 100 cm³/mol. The molecule has 2 saturated carbocycles. The summed E-state index contributed by atoms with van der Waals surface area (Å²) < 4.78 is 0. The van der Waals surface area contributed by atoms with E-state index in [1.165, 1.54) is 17.5 Å². The average Bonchev–Trinajstić information content (AvgIpc) is 2.84. The van der Waals surface area contributed by atoms with Crippen molar-refractivity contribution < 1.29 is 10.2 Å². The van der Waals surface area contributed by atoms with Crippen molar-refractivity contribution in [2.45, 2.75) is 70.8 Å². The van der Waals surface area contributed by atoms with Gasteiger partial charge in [0.25, 0.3) is 0 Å². The van der Waals surface area contributed by atoms with Crippen LogP contribution in [0, 0.1) is 35.0 Å². The molecule has 4 rings (SSSR count). The first kappa shape index (κ1) is 17.0. The van der Waals surface area contributed by atoms with E-state index < -0.39 is 5.60 Å². The summed E-state index contributed by atoms with van der Waals surface area (Å²) in [5, 5.41) is 21.2. The van der Waals surface area contributed by atoms with Gasteiger partial charge in [-0.05, 0) is 79.5 Å². The number of hydrogen-bond acceptors (Lipinski definition) is 2. The van der Waals surface area contributed by atoms with E-state index in [4.69, 9.17) is 0 Å². The van der Waals surface area contributed by atoms with Gasteiger partial charge in [-0.15, -0.1) is 0 Å². The molecule has 2 nitrogen and oxygen atoms in total. The van der Waals surface area contributed by atoms with Crippen LogP contribution in [0.4, 0.5) is 0 Å². The lowest BCUT2D eigenvalue weighted by Crippen LogP contribution is -2.50. The van der Waals surface area contributed by atoms with Gasteiger partial charge in [0.1, 0.15) is 11.4 Å². The number of aliphatic hydroxyl groups is 1. The van der Waals surface area contributed by atoms with Crippen molar-refractivity contribution in [2.75, 3.05) is 0 Å². The van der Waals surface area contributed by atoms with Crippen molar-refractivity contribution in [3.8, 4) is 17.6 Å². The highest BCUT2D eigenvalue weighted by molar-refractivity contribution is 5.40. The van der Waals surface area contributed by atoms with Crippen molar-refractivity contribution in [3.05, 3.63) is 29.3 Å². The van der Waals surface area contributed by atoms with Crippen LogP contribution in [0.25, 0.3) is 0 Å². The van der Waals surface area contributed by atoms with Crippen LogP contribution in [0.2, 0.25) is 0 Å². The molecule has 1 aromatic rings. The van der Waals surface area contributed by atoms with Crippen LogP contribution in [0.1, 0.15) is 69.9 Å². The SMILES string of the molecule is CC(C)C#CC1(O)CCC2C3CCc4cc(O)ccc4C3CCC21C. The third kappa shape index (κ3) is 2.51. The fraction of sp³-hybridized carbons (Fsp3) is 0.652. The van der Waals surface area contributed by atoms with Gasteiger partial charge in [0.15, 0.2) is 0 Å². The molecule has 0 saturated heterocycles. The Morgan fingerprint density at radius 1 is 1.16 bits per heavy atom. The van der Waals surface area contributed by atoms with Crippen LogP contribution in [-0.2, 0) is 6.42 Å². The van der Waals surface area contributed by atoms with Crippen LogP contribution in [-0.4, -0.2) is 15.8 Å². The Kier molecular flexibility index (Phi) is 3.92. The standard InChI is InChI=1S/C23H30O2/c1-15(2)8-12-23(25)13-10-21-20-6-4-16-14-17(24)5-7-18(16)19(20)9-11-22(21,23)3/h5,7,14-15,19-21,24-25H,4,6,9-11,13H2,1-3H3. The number of aromatic hydroxyl groups is 1. The summed E-state index contributed by atoms with van der Waals surface area (Å²) in [4.78, 5) is 0. The maximum atomic E-state index is 11.4. The first-order chi connectivity index (χ1) is 11.8. The first-order valence-corrected chi connectivity index (χ1v) is 9.91. The lowest BCUT2D eigenvalue weighted by Gasteiger charge is -2.52. The molecule has 0 bridgehead atoms. The van der Waals surface area contributed by atoms with Gasteiger partial charge in [0.2, 0.25) is 0 Å². The van der Waals surface area contributed by atoms with Crippen LogP contribution in [0.3, 0.4) is 0 Å². The number of rotatable bonds is 0. The van der Waals surface area contributed by atoms with E-state index in [1.54, 1.807) is 0 Å². The summed E-state index contributed by atoms with van der Waals surface area (Å²) in [5.41, 5.74) is 1.88. The summed E-state index contributed by atoms with van der Waals surface area (Å²) >= 11 is 0. The molecule has 5 unspecified atom stereocenters. The van der Waals surface area contributed by atoms with E-state index in [0.717, 1.165) is 32.1 Å². The Bertz CT molecular complexity index is 740. The Morgan fingerprint density at radius 2 is 1.96 bits per heavy atom. The lowest BCUT2D eigenvalue weighted by molar-refractivity contribution is -0.0648. The van der Waals surface area contributed by atoms with Gasteiger partial charge >= 0.3 is 0 Å². The minimum atomic E-state index is -0.817. The fourth-order valence-corrected chi connectivity index (χ4v) is 6.05. The molecule has 1 aromatic carbocycles. The molecule has 0 aliphatic heterocycles. The molecular formula is C23H30O2. The zero-order valence-electron chi connectivity index (χ0n) is 15.7. The van der Waals surface area contributed by atoms with E-state index in [2.05, 4.69) is 38.7 Å². The van der Waals surface area contributed by atoms with Gasteiger partial charge in [-0.2, -0.15) is 0 Å². The second kappa shape index (κ2) is 5.78. The Labute approximate surface area is 151 Å². The summed E-state index contributed by atoms with van der Waals surface area (Å²) in [6.45, 7) is 6.48. The molecular weight excluding hydrogens is 308 g/mol. The Morgan fingerprint density at radius 3 is 2.72 bits per heavy atom. The van der Waals surface area contributed by atoms with Crippen molar-refractivity contribution in [3.63, 3.8) is 0 Å². The van der Waals surface area contributed by atoms with Crippen LogP contribution < -0.4 is 0 Å². The quantitative estimate of drug-likeness (QED) is 0.677. The summed E-state index contributed by atoms with van der Waals surface area (Å²) in [5.74, 6) is 9.02. The monoisotopic (exact) mass is 338 g/mol. The lowest BCUT2D eigenvalue weighted by atomic mass is 9.53. The molecule has 5 atom stereocenters. The first-order valence-electron chi connectivity index (χ1n) is 9.91. The second-order valence-electron chi connectivity index (χ2n) is 9.08. The van der Waals surface area contributed by atoms with Gasteiger partial charge in [-0.1, -0.05) is 38.7 Å². The zero-order valence-corrected chi connectivity index (χ0v) is 15.7. The Hall–Kier alpha value is -1.46. The second-order valence-corrected chi connectivity index (χ2v) is 9.08. The molecule has 0 radical (unpaired) electrons. The highest BCUT2D eigenvalue weighted by Crippen LogP contribution is 2.64. The highest BCUT2D eigenvalue weighted by Gasteiger charge is 2.61. The largest absolute Gasteiger partial charge is 0.508 e. The van der Waals surface area contributed by atoms with Crippen LogP contribution in [0.5, 0.6) is 5.75 Å². The third-order valence-corrected chi connectivity index (χ3v) is 7.43. The van der Waals surface area contributed by atoms with Gasteiger partial charge in [0.05, 0.1) is 0 Å². The number of phenols is 1. The molecule has 0 spiro atoms. The van der Waals surface area contributed by atoms with Gasteiger partial charge < -0.3 is 10.2 Å². The molecule has 0 amide bonds. The summed E-state index contributed by atoms with van der Waals surface area (Å²) in [6, 6.07) is 5.94. The van der Waals surface area contributed by atoms with Crippen molar-refractivity contribution in [1.82, 2.24) is 0 Å². The number of aryl methyl sites for hydroxylation is 1. The molecule has 2 N–H and O–H groups in total. The van der Waals surface area contributed by atoms with Crippen molar-refractivity contribution in [2.24, 2.45) is 23.2 Å². The molecule has 3 aliphatic rings. The molecule has 25 heavy (non-hydrogen) atoms. The van der Waals surface area contributed by atoms with E-state index in [9.17, 15) is 10.2 Å². The molecule has 3 aliphatic carbocycles. The van der Waals surface area contributed by atoms with E-state index in [0.29, 0.717) is 29.4 Å². The van der Waals surface area contributed by atoms with Crippen LogP contribution >= 0.6 is 0 Å². The summed E-state index contributed by atoms with van der Waals surface area (Å²) in [7, 11) is 0. The number of fused-ring (bicyclic) bond motifs is 5. The summed E-state index contributed by atoms with van der Waals surface area (Å²) in [6.07, 6.45) is 6.31. The van der Waals surface area contributed by atoms with E-state index in [-0.39, 0.29) is 5.41 Å². The van der Waals surface area contributed by atoms with Crippen LogP contribution in [0.15, 0.2) is 18.2 Å². The average molecular weight is 338 g/mol. The molecule has 134 valence electrons. The smallest absolute Gasteiger partial charge is 0.131 e. The maximum absolute atomic E-state index is 11.4. The molecule has 0 aromatic heterocycles. The Balaban J connectivity index is 1.67. The predicted octanol–water partition coefficient (Wildman–Crippen LogP) is 4.64. The number of hydrogen-bond donors (Lipinski definition) is 2. The molecule has 2 heteroatoms. The van der Waals surface area contributed by atoms with Crippen molar-refractivity contribution in [1.29, 1.82) is 0 Å². The molecule has 2 fully saturated rings. The van der Waals surface area contributed by atoms with E-state index >= 15 is 0 Å². The number of phenolic OH excluding ortho intramolecular Hbond substituents is 1. The highest BCUT2D eigenvalue weighted by atomic mass is 16.3. The van der Waals surface area contributed by atoms with Crippen molar-refractivity contribution >= 4 is 0 Å². The number of benzene rings is 1. The topological polar surface area (TPSA) is 40.5 Å². The van der Waals surface area contributed by atoms with Gasteiger partial charge in [-0.25, -0.2) is 0 Å². The maximum Gasteiger partial charge on any atom is 0.131 e. The zero-order chi connectivity index (χ0) is 17.8. The van der Waals surface area contributed by atoms with Gasteiger partial charge in [0, 0.05) is 11.3 Å². The van der Waals surface area contributed by atoms with Gasteiger partial charge in [-0.3, -0.25) is 0 Å². The minimum absolute atomic E-state index is 0.0789. The van der Waals surface area contributed by atoms with E-state index in [1.807, 2.05) is 12.1 Å². The third-order valence-electron chi connectivity index (χ3n) is 7.43. The molecule has 0 heterocycles. The minimum Gasteiger partial charge on any atom is -0.508 e. The fourth-order valence-electron chi connectivity index (χ4n) is 6.05. The normalized spacial score (nSPS) is 39.2.